The highest BCUT2D eigenvalue weighted by atomic mass is 19.1. The van der Waals surface area contributed by atoms with Crippen molar-refractivity contribution in [2.45, 2.75) is 13.5 Å². The van der Waals surface area contributed by atoms with Gasteiger partial charge in [-0.1, -0.05) is 24.8 Å². The summed E-state index contributed by atoms with van der Waals surface area (Å²) >= 11 is 0. The number of allylic oxidation sites excluding steroid dienone is 4. The summed E-state index contributed by atoms with van der Waals surface area (Å²) in [5.41, 5.74) is 3.33. The van der Waals surface area contributed by atoms with Crippen LogP contribution in [0.3, 0.4) is 0 Å². The number of aromatic nitrogens is 1. The first-order valence-electron chi connectivity index (χ1n) is 7.62. The minimum absolute atomic E-state index is 0.282. The van der Waals surface area contributed by atoms with Crippen LogP contribution in [0.5, 0.6) is 0 Å². The third-order valence-electron chi connectivity index (χ3n) is 3.99. The van der Waals surface area contributed by atoms with E-state index in [1.807, 2.05) is 28.9 Å². The third-order valence-corrected chi connectivity index (χ3v) is 3.99. The number of halogens is 2. The van der Waals surface area contributed by atoms with Crippen molar-refractivity contribution >= 4 is 5.71 Å². The van der Waals surface area contributed by atoms with Crippen molar-refractivity contribution in [1.82, 2.24) is 4.98 Å². The van der Waals surface area contributed by atoms with Crippen LogP contribution < -0.4 is 0 Å². The van der Waals surface area contributed by atoms with Gasteiger partial charge in [-0.05, 0) is 37.3 Å². The second-order valence-electron chi connectivity index (χ2n) is 5.48. The molecule has 24 heavy (non-hydrogen) atoms. The molecule has 0 saturated carbocycles. The highest BCUT2D eigenvalue weighted by molar-refractivity contribution is 6.07. The quantitative estimate of drug-likeness (QED) is 0.582. The Labute approximate surface area is 139 Å². The lowest BCUT2D eigenvalue weighted by Crippen LogP contribution is -2.31. The molecular weight excluding hydrogens is 306 g/mol. The molecule has 2 nitrogen and oxygen atoms in total. The van der Waals surface area contributed by atoms with E-state index in [-0.39, 0.29) is 11.6 Å². The van der Waals surface area contributed by atoms with Gasteiger partial charge in [0.1, 0.15) is 17.3 Å². The number of rotatable bonds is 5. The summed E-state index contributed by atoms with van der Waals surface area (Å²) in [4.78, 5) is 4.33. The van der Waals surface area contributed by atoms with Gasteiger partial charge in [-0.15, -0.1) is 0 Å². The number of hydrogen-bond donors (Lipinski definition) is 0. The topological polar surface area (TPSA) is 15.9 Å². The molecule has 1 aliphatic heterocycles. The van der Waals surface area contributed by atoms with Gasteiger partial charge in [0.05, 0.1) is 17.2 Å². The smallest absolute Gasteiger partial charge is 0.238 e. The molecule has 0 spiro atoms. The molecule has 4 heteroatoms. The molecule has 1 aromatic carbocycles. The Morgan fingerprint density at radius 2 is 1.96 bits per heavy atom. The number of benzene rings is 1. The molecule has 0 fully saturated rings. The predicted molar refractivity (Wildman–Crippen MR) is 90.8 cm³/mol. The fraction of sp³-hybridized carbons (Fsp3) is 0.100. The normalized spacial score (nSPS) is 14.7. The van der Waals surface area contributed by atoms with Crippen LogP contribution in [0.4, 0.5) is 8.78 Å². The Balaban J connectivity index is 2.03. The van der Waals surface area contributed by atoms with Gasteiger partial charge in [0.25, 0.3) is 0 Å². The van der Waals surface area contributed by atoms with Crippen LogP contribution in [-0.2, 0) is 6.54 Å². The van der Waals surface area contributed by atoms with Gasteiger partial charge in [0.2, 0.25) is 11.4 Å². The highest BCUT2D eigenvalue weighted by Gasteiger charge is 2.34. The van der Waals surface area contributed by atoms with E-state index in [1.54, 1.807) is 31.3 Å². The van der Waals surface area contributed by atoms with E-state index in [2.05, 4.69) is 11.6 Å². The molecule has 2 aromatic rings. The Hall–Kier alpha value is -2.88. The first-order valence-corrected chi connectivity index (χ1v) is 7.62. The molecule has 1 aliphatic rings. The molecule has 0 bridgehead atoms. The van der Waals surface area contributed by atoms with Gasteiger partial charge in [0, 0.05) is 6.20 Å². The van der Waals surface area contributed by atoms with E-state index in [9.17, 15) is 8.78 Å². The number of hydrogen-bond acceptors (Lipinski definition) is 1. The van der Waals surface area contributed by atoms with Crippen LogP contribution in [0, 0.1) is 5.82 Å². The molecule has 0 aliphatic carbocycles. The molecule has 0 N–H and O–H groups in total. The summed E-state index contributed by atoms with van der Waals surface area (Å²) in [6.45, 7) is 5.46. The first-order chi connectivity index (χ1) is 11.6. The summed E-state index contributed by atoms with van der Waals surface area (Å²) in [5.74, 6) is -0.671. The van der Waals surface area contributed by atoms with Crippen LogP contribution in [0.25, 0.3) is 0 Å². The Morgan fingerprint density at radius 3 is 2.62 bits per heavy atom. The van der Waals surface area contributed by atoms with E-state index >= 15 is 0 Å². The molecular formula is C20H17F2N2+. The Bertz CT molecular complexity index is 878. The standard InChI is InChI=1S/C20H17F2N2/c1-3-16(21)14(2)19-12-20(18-10-6-7-11-23-18)24(19)13-15-8-4-5-9-17(15)22/h3-12H,1,13H2,2H3/q+1. The molecule has 3 rings (SSSR count). The minimum atomic E-state index is -0.389. The highest BCUT2D eigenvalue weighted by Crippen LogP contribution is 2.27. The van der Waals surface area contributed by atoms with E-state index in [1.165, 1.54) is 12.1 Å². The fourth-order valence-corrected chi connectivity index (χ4v) is 2.63. The number of pyridine rings is 1. The van der Waals surface area contributed by atoms with Crippen LogP contribution >= 0.6 is 0 Å². The van der Waals surface area contributed by atoms with Gasteiger partial charge < -0.3 is 0 Å². The summed E-state index contributed by atoms with van der Waals surface area (Å²) in [7, 11) is 0. The van der Waals surface area contributed by atoms with Crippen LogP contribution in [0.15, 0.2) is 84.5 Å². The van der Waals surface area contributed by atoms with Crippen molar-refractivity contribution in [3.8, 4) is 0 Å². The van der Waals surface area contributed by atoms with Crippen LogP contribution in [0.1, 0.15) is 18.2 Å². The fourth-order valence-electron chi connectivity index (χ4n) is 2.63. The van der Waals surface area contributed by atoms with E-state index < -0.39 is 0 Å². The lowest BCUT2D eigenvalue weighted by atomic mass is 10.0. The maximum absolute atomic E-state index is 14.0. The Kier molecular flexibility index (Phi) is 4.47. The van der Waals surface area contributed by atoms with E-state index in [0.29, 0.717) is 23.4 Å². The molecule has 0 amide bonds. The van der Waals surface area contributed by atoms with Crippen molar-refractivity contribution in [3.63, 3.8) is 0 Å². The minimum Gasteiger partial charge on any atom is -0.250 e. The maximum atomic E-state index is 14.0. The molecule has 0 atom stereocenters. The molecule has 2 heterocycles. The largest absolute Gasteiger partial charge is 0.250 e. The average Bonchev–Trinajstić information content (AvgIpc) is 2.60. The van der Waals surface area contributed by atoms with Crippen molar-refractivity contribution in [2.24, 2.45) is 0 Å². The van der Waals surface area contributed by atoms with Gasteiger partial charge >= 0.3 is 0 Å². The van der Waals surface area contributed by atoms with Crippen LogP contribution in [0.2, 0.25) is 0 Å². The monoisotopic (exact) mass is 323 g/mol. The molecule has 0 unspecified atom stereocenters. The predicted octanol–water partition coefficient (Wildman–Crippen LogP) is 4.55. The van der Waals surface area contributed by atoms with E-state index in [4.69, 9.17) is 0 Å². The maximum Gasteiger partial charge on any atom is 0.238 e. The molecule has 0 saturated heterocycles. The lowest BCUT2D eigenvalue weighted by Gasteiger charge is -2.18. The zero-order valence-electron chi connectivity index (χ0n) is 13.3. The summed E-state index contributed by atoms with van der Waals surface area (Å²) < 4.78 is 29.8. The second-order valence-corrected chi connectivity index (χ2v) is 5.48. The van der Waals surface area contributed by atoms with Gasteiger partial charge in [-0.25, -0.2) is 13.8 Å². The SMILES string of the molecule is C=CC(F)=C(C)C1=CC(c2ccccn2)=[N+]1Cc1ccccc1F. The molecule has 0 radical (unpaired) electrons. The lowest BCUT2D eigenvalue weighted by molar-refractivity contribution is -0.500. The summed E-state index contributed by atoms with van der Waals surface area (Å²) in [5, 5.41) is 0. The second kappa shape index (κ2) is 6.71. The zero-order valence-corrected chi connectivity index (χ0v) is 13.3. The van der Waals surface area contributed by atoms with Crippen LogP contribution in [-0.4, -0.2) is 15.3 Å². The van der Waals surface area contributed by atoms with E-state index in [0.717, 1.165) is 11.4 Å². The molecule has 120 valence electrons. The molecule has 1 aromatic heterocycles. The summed E-state index contributed by atoms with van der Waals surface area (Å²) in [6.07, 6.45) is 4.74. The Morgan fingerprint density at radius 1 is 1.21 bits per heavy atom. The first kappa shape index (κ1) is 16.0. The van der Waals surface area contributed by atoms with Gasteiger partial charge in [-0.3, -0.25) is 0 Å². The third kappa shape index (κ3) is 2.95. The zero-order chi connectivity index (χ0) is 17.1. The number of nitrogens with zero attached hydrogens (tertiary/aromatic N) is 2. The average molecular weight is 323 g/mol. The van der Waals surface area contributed by atoms with Crippen molar-refractivity contribution in [3.05, 3.63) is 102 Å². The van der Waals surface area contributed by atoms with Gasteiger partial charge in [-0.2, -0.15) is 4.58 Å². The van der Waals surface area contributed by atoms with Crippen molar-refractivity contribution < 1.29 is 13.4 Å². The van der Waals surface area contributed by atoms with Crippen molar-refractivity contribution in [2.75, 3.05) is 0 Å². The summed E-state index contributed by atoms with van der Waals surface area (Å²) in [6, 6.07) is 12.2. The van der Waals surface area contributed by atoms with Crippen molar-refractivity contribution in [1.29, 1.82) is 0 Å². The van der Waals surface area contributed by atoms with Gasteiger partial charge in [0.15, 0.2) is 6.54 Å².